The predicted molar refractivity (Wildman–Crippen MR) is 80.8 cm³/mol. The van der Waals surface area contributed by atoms with Crippen LogP contribution in [0.3, 0.4) is 0 Å². The van der Waals surface area contributed by atoms with Crippen LogP contribution < -0.4 is 5.32 Å². The maximum absolute atomic E-state index is 12.1. The molecular weight excluding hydrogens is 306 g/mol. The SMILES string of the molecule is O=C(N[C@@H](CC[S@@](=O)c1ccccc1)C(=O)O)[C@H]1CCOC1. The van der Waals surface area contributed by atoms with Crippen LogP contribution in [0.15, 0.2) is 35.2 Å². The van der Waals surface area contributed by atoms with Crippen molar-refractivity contribution >= 4 is 22.7 Å². The van der Waals surface area contributed by atoms with Crippen LogP contribution in [0, 0.1) is 5.92 Å². The van der Waals surface area contributed by atoms with Crippen molar-refractivity contribution in [3.63, 3.8) is 0 Å². The molecule has 0 aromatic heterocycles. The molecule has 0 bridgehead atoms. The van der Waals surface area contributed by atoms with E-state index in [2.05, 4.69) is 5.32 Å². The Bertz CT molecular complexity index is 542. The number of amides is 1. The normalized spacial score (nSPS) is 20.3. The summed E-state index contributed by atoms with van der Waals surface area (Å²) in [5.74, 6) is -1.53. The molecule has 1 aromatic rings. The van der Waals surface area contributed by atoms with E-state index in [-0.39, 0.29) is 24.0 Å². The molecule has 0 aliphatic carbocycles. The number of ether oxygens (including phenoxy) is 1. The molecule has 0 radical (unpaired) electrons. The maximum atomic E-state index is 12.1. The van der Waals surface area contributed by atoms with Gasteiger partial charge in [-0.15, -0.1) is 0 Å². The van der Waals surface area contributed by atoms with Crippen LogP contribution >= 0.6 is 0 Å². The Morgan fingerprint density at radius 3 is 2.68 bits per heavy atom. The summed E-state index contributed by atoms with van der Waals surface area (Å²) >= 11 is 0. The third kappa shape index (κ3) is 4.64. The Kier molecular flexibility index (Phi) is 6.09. The van der Waals surface area contributed by atoms with Crippen LogP contribution in [0.25, 0.3) is 0 Å². The van der Waals surface area contributed by atoms with Crippen molar-refractivity contribution < 1.29 is 23.6 Å². The first kappa shape index (κ1) is 16.6. The monoisotopic (exact) mass is 325 g/mol. The molecule has 7 heteroatoms. The van der Waals surface area contributed by atoms with E-state index < -0.39 is 22.8 Å². The van der Waals surface area contributed by atoms with Crippen LogP contribution in [0.5, 0.6) is 0 Å². The molecule has 3 atom stereocenters. The van der Waals surface area contributed by atoms with Crippen LogP contribution in [-0.4, -0.2) is 46.2 Å². The molecule has 0 saturated carbocycles. The second-order valence-corrected chi connectivity index (χ2v) is 6.68. The van der Waals surface area contributed by atoms with Gasteiger partial charge in [0.25, 0.3) is 0 Å². The van der Waals surface area contributed by atoms with Crippen LogP contribution in [0.1, 0.15) is 12.8 Å². The highest BCUT2D eigenvalue weighted by Gasteiger charge is 2.28. The zero-order valence-electron chi connectivity index (χ0n) is 12.1. The number of carbonyl (C=O) groups is 2. The molecule has 6 nitrogen and oxygen atoms in total. The lowest BCUT2D eigenvalue weighted by atomic mass is 10.1. The average Bonchev–Trinajstić information content (AvgIpc) is 3.06. The predicted octanol–water partition coefficient (Wildman–Crippen LogP) is 0.790. The lowest BCUT2D eigenvalue weighted by Gasteiger charge is -2.16. The summed E-state index contributed by atoms with van der Waals surface area (Å²) < 4.78 is 17.2. The molecule has 1 aliphatic rings. The van der Waals surface area contributed by atoms with E-state index in [4.69, 9.17) is 4.74 Å². The first-order chi connectivity index (χ1) is 10.6. The van der Waals surface area contributed by atoms with Gasteiger partial charge in [-0.1, -0.05) is 18.2 Å². The lowest BCUT2D eigenvalue weighted by molar-refractivity contribution is -0.142. The molecule has 1 amide bonds. The minimum Gasteiger partial charge on any atom is -0.480 e. The molecule has 1 aliphatic heterocycles. The molecule has 1 saturated heterocycles. The van der Waals surface area contributed by atoms with Gasteiger partial charge in [-0.2, -0.15) is 0 Å². The zero-order chi connectivity index (χ0) is 15.9. The number of hydrogen-bond acceptors (Lipinski definition) is 4. The second-order valence-electron chi connectivity index (χ2n) is 5.11. The first-order valence-electron chi connectivity index (χ1n) is 7.12. The van der Waals surface area contributed by atoms with Gasteiger partial charge in [0.1, 0.15) is 6.04 Å². The number of nitrogens with one attached hydrogen (secondary N) is 1. The van der Waals surface area contributed by atoms with Gasteiger partial charge in [-0.3, -0.25) is 9.00 Å². The summed E-state index contributed by atoms with van der Waals surface area (Å²) in [6.07, 6.45) is 0.726. The van der Waals surface area contributed by atoms with E-state index in [9.17, 15) is 18.9 Å². The van der Waals surface area contributed by atoms with Gasteiger partial charge in [0.2, 0.25) is 5.91 Å². The van der Waals surface area contributed by atoms with Gasteiger partial charge in [-0.25, -0.2) is 4.79 Å². The van der Waals surface area contributed by atoms with Gasteiger partial charge in [-0.05, 0) is 25.0 Å². The molecular formula is C15H19NO5S. The second kappa shape index (κ2) is 8.05. The molecule has 1 heterocycles. The number of benzene rings is 1. The summed E-state index contributed by atoms with van der Waals surface area (Å²) in [5, 5.41) is 11.7. The molecule has 1 aromatic carbocycles. The fraction of sp³-hybridized carbons (Fsp3) is 0.467. The summed E-state index contributed by atoms with van der Waals surface area (Å²) in [6, 6.07) is 7.83. The Hall–Kier alpha value is -1.73. The van der Waals surface area contributed by atoms with Crippen LogP contribution in [-0.2, 0) is 25.1 Å². The Labute approximate surface area is 131 Å². The summed E-state index contributed by atoms with van der Waals surface area (Å²) in [5.41, 5.74) is 0. The third-order valence-corrected chi connectivity index (χ3v) is 4.92. The van der Waals surface area contributed by atoms with Crippen molar-refractivity contribution in [1.29, 1.82) is 0 Å². The summed E-state index contributed by atoms with van der Waals surface area (Å²) in [6.45, 7) is 0.849. The average molecular weight is 325 g/mol. The fourth-order valence-electron chi connectivity index (χ4n) is 2.20. The number of carbonyl (C=O) groups excluding carboxylic acids is 1. The van der Waals surface area contributed by atoms with E-state index in [1.165, 1.54) is 0 Å². The highest BCUT2D eigenvalue weighted by Crippen LogP contribution is 2.13. The van der Waals surface area contributed by atoms with E-state index in [1.54, 1.807) is 24.3 Å². The molecule has 0 unspecified atom stereocenters. The standard InChI is InChI=1S/C15H19NO5S/c17-14(11-6-8-21-10-11)16-13(15(18)19)7-9-22(20)12-4-2-1-3-5-12/h1-5,11,13H,6-10H2,(H,16,17)(H,18,19)/t11-,13-,22+/m0/s1. The minimum absolute atomic E-state index is 0.121. The number of carboxylic acids is 1. The number of rotatable bonds is 7. The van der Waals surface area contributed by atoms with E-state index in [1.807, 2.05) is 6.07 Å². The molecule has 22 heavy (non-hydrogen) atoms. The summed E-state index contributed by atoms with van der Waals surface area (Å²) in [7, 11) is -1.28. The fourth-order valence-corrected chi connectivity index (χ4v) is 3.35. The highest BCUT2D eigenvalue weighted by molar-refractivity contribution is 7.85. The van der Waals surface area contributed by atoms with Crippen molar-refractivity contribution in [2.24, 2.45) is 5.92 Å². The van der Waals surface area contributed by atoms with Crippen molar-refractivity contribution in [3.05, 3.63) is 30.3 Å². The maximum Gasteiger partial charge on any atom is 0.326 e. The quantitative estimate of drug-likeness (QED) is 0.773. The Balaban J connectivity index is 1.87. The van der Waals surface area contributed by atoms with Crippen molar-refractivity contribution in [1.82, 2.24) is 5.32 Å². The summed E-state index contributed by atoms with van der Waals surface area (Å²) in [4.78, 5) is 23.9. The number of carboxylic acid groups (broad SMARTS) is 1. The van der Waals surface area contributed by atoms with Gasteiger partial charge in [0.15, 0.2) is 0 Å². The lowest BCUT2D eigenvalue weighted by Crippen LogP contribution is -2.44. The third-order valence-electron chi connectivity index (χ3n) is 3.51. The highest BCUT2D eigenvalue weighted by atomic mass is 32.2. The van der Waals surface area contributed by atoms with E-state index >= 15 is 0 Å². The van der Waals surface area contributed by atoms with Gasteiger partial charge in [0, 0.05) is 17.3 Å². The Morgan fingerprint density at radius 2 is 2.09 bits per heavy atom. The van der Waals surface area contributed by atoms with Crippen LogP contribution in [0.2, 0.25) is 0 Å². The molecule has 1 fully saturated rings. The van der Waals surface area contributed by atoms with Crippen LogP contribution in [0.4, 0.5) is 0 Å². The number of hydrogen-bond donors (Lipinski definition) is 2. The van der Waals surface area contributed by atoms with Crippen molar-refractivity contribution in [2.75, 3.05) is 19.0 Å². The van der Waals surface area contributed by atoms with Gasteiger partial charge in [0.05, 0.1) is 23.3 Å². The van der Waals surface area contributed by atoms with Crippen molar-refractivity contribution in [3.8, 4) is 0 Å². The topological polar surface area (TPSA) is 92.7 Å². The largest absolute Gasteiger partial charge is 0.480 e. The van der Waals surface area contributed by atoms with Gasteiger partial charge < -0.3 is 15.2 Å². The van der Waals surface area contributed by atoms with Gasteiger partial charge >= 0.3 is 5.97 Å². The molecule has 0 spiro atoms. The van der Waals surface area contributed by atoms with E-state index in [0.717, 1.165) is 0 Å². The zero-order valence-corrected chi connectivity index (χ0v) is 12.9. The van der Waals surface area contributed by atoms with E-state index in [0.29, 0.717) is 24.5 Å². The molecule has 120 valence electrons. The smallest absolute Gasteiger partial charge is 0.326 e. The molecule has 2 N–H and O–H groups in total. The minimum atomic E-state index is -1.28. The first-order valence-corrected chi connectivity index (χ1v) is 8.44. The Morgan fingerprint density at radius 1 is 1.36 bits per heavy atom. The van der Waals surface area contributed by atoms with Crippen molar-refractivity contribution in [2.45, 2.75) is 23.8 Å². The number of aliphatic carboxylic acids is 1. The molecule has 2 rings (SSSR count).